The molecular formula is C23H22FN5O2. The van der Waals surface area contributed by atoms with Gasteiger partial charge in [-0.2, -0.15) is 0 Å². The molecule has 2 heterocycles. The second kappa shape index (κ2) is 7.39. The van der Waals surface area contributed by atoms with Crippen LogP contribution in [0.5, 0.6) is 5.75 Å². The normalized spacial score (nSPS) is 11.1. The maximum Gasteiger partial charge on any atom is 0.221 e. The number of nitrogens with two attached hydrogens (primary N) is 1. The largest absolute Gasteiger partial charge is 0.505 e. The number of nitrogens with zero attached hydrogens (tertiary/aromatic N) is 3. The summed E-state index contributed by atoms with van der Waals surface area (Å²) in [6, 6.07) is 8.13. The van der Waals surface area contributed by atoms with Crippen molar-refractivity contribution in [3.05, 3.63) is 59.4 Å². The number of nitrogen functional groups attached to an aromatic ring is 1. The van der Waals surface area contributed by atoms with Crippen LogP contribution >= 0.6 is 0 Å². The highest BCUT2D eigenvalue weighted by Gasteiger charge is 2.19. The maximum absolute atomic E-state index is 15.2. The van der Waals surface area contributed by atoms with Crippen LogP contribution in [0, 0.1) is 26.6 Å². The fourth-order valence-electron chi connectivity index (χ4n) is 3.85. The first-order valence-corrected chi connectivity index (χ1v) is 9.69. The average molecular weight is 419 g/mol. The first-order valence-electron chi connectivity index (χ1n) is 9.69. The number of hydrogen-bond donors (Lipinski definition) is 3. The number of anilines is 2. The van der Waals surface area contributed by atoms with Gasteiger partial charge in [0.25, 0.3) is 0 Å². The van der Waals surface area contributed by atoms with Gasteiger partial charge in [0.15, 0.2) is 0 Å². The minimum atomic E-state index is -0.469. The van der Waals surface area contributed by atoms with Crippen molar-refractivity contribution >= 4 is 22.9 Å². The maximum atomic E-state index is 15.2. The molecule has 8 heteroatoms. The summed E-state index contributed by atoms with van der Waals surface area (Å²) in [5.74, 6) is 0.156. The summed E-state index contributed by atoms with van der Waals surface area (Å²) in [6.45, 7) is 6.79. The highest BCUT2D eigenvalue weighted by Crippen LogP contribution is 2.37. The smallest absolute Gasteiger partial charge is 0.221 e. The fraction of sp³-hybridized carbons (Fsp3) is 0.174. The molecule has 7 nitrogen and oxygen atoms in total. The van der Waals surface area contributed by atoms with Gasteiger partial charge >= 0.3 is 0 Å². The summed E-state index contributed by atoms with van der Waals surface area (Å²) in [6.07, 6.45) is 1.65. The van der Waals surface area contributed by atoms with E-state index in [1.807, 2.05) is 18.2 Å². The van der Waals surface area contributed by atoms with Crippen LogP contribution in [0.15, 0.2) is 36.5 Å². The Morgan fingerprint density at radius 2 is 1.87 bits per heavy atom. The monoisotopic (exact) mass is 419 g/mol. The Labute approximate surface area is 178 Å². The second-order valence-electron chi connectivity index (χ2n) is 7.49. The first kappa shape index (κ1) is 20.3. The number of carbonyl (C=O) groups excluding carboxylic acids is 1. The van der Waals surface area contributed by atoms with Crippen LogP contribution in [0.1, 0.15) is 24.0 Å². The molecule has 4 aromatic rings. The third-order valence-electron chi connectivity index (χ3n) is 5.31. The highest BCUT2D eigenvalue weighted by molar-refractivity contribution is 5.92. The Kier molecular flexibility index (Phi) is 4.85. The molecule has 0 saturated carbocycles. The van der Waals surface area contributed by atoms with Gasteiger partial charge in [0.1, 0.15) is 34.4 Å². The minimum absolute atomic E-state index is 0.0535. The molecule has 4 rings (SSSR count). The lowest BCUT2D eigenvalue weighted by molar-refractivity contribution is -0.114. The van der Waals surface area contributed by atoms with E-state index >= 15 is 4.39 Å². The van der Waals surface area contributed by atoms with Crippen molar-refractivity contribution in [1.82, 2.24) is 14.4 Å². The molecule has 31 heavy (non-hydrogen) atoms. The van der Waals surface area contributed by atoms with E-state index in [2.05, 4.69) is 15.3 Å². The molecule has 0 aliphatic rings. The molecule has 0 spiro atoms. The Morgan fingerprint density at radius 3 is 2.55 bits per heavy atom. The van der Waals surface area contributed by atoms with E-state index in [9.17, 15) is 9.90 Å². The van der Waals surface area contributed by atoms with Gasteiger partial charge in [-0.3, -0.25) is 9.20 Å². The molecule has 2 aromatic heterocycles. The van der Waals surface area contributed by atoms with Crippen LogP contribution in [0.3, 0.4) is 0 Å². The highest BCUT2D eigenvalue weighted by atomic mass is 19.1. The van der Waals surface area contributed by atoms with Gasteiger partial charge in [-0.1, -0.05) is 12.1 Å². The molecule has 1 amide bonds. The number of imidazole rings is 1. The topological polar surface area (TPSA) is 106 Å². The average Bonchev–Trinajstić information content (AvgIpc) is 3.06. The van der Waals surface area contributed by atoms with Gasteiger partial charge in [-0.05, 0) is 50.1 Å². The molecule has 0 unspecified atom stereocenters. The molecule has 0 atom stereocenters. The summed E-state index contributed by atoms with van der Waals surface area (Å²) in [5.41, 5.74) is 10.3. The predicted molar refractivity (Wildman–Crippen MR) is 118 cm³/mol. The van der Waals surface area contributed by atoms with Gasteiger partial charge in [-0.15, -0.1) is 0 Å². The van der Waals surface area contributed by atoms with E-state index in [0.29, 0.717) is 45.0 Å². The van der Waals surface area contributed by atoms with Crippen molar-refractivity contribution in [2.75, 3.05) is 11.1 Å². The van der Waals surface area contributed by atoms with Gasteiger partial charge in [-0.25, -0.2) is 14.4 Å². The van der Waals surface area contributed by atoms with E-state index in [1.165, 1.54) is 13.0 Å². The molecule has 0 aliphatic carbocycles. The third-order valence-corrected chi connectivity index (χ3v) is 5.31. The lowest BCUT2D eigenvalue weighted by Crippen LogP contribution is -2.06. The van der Waals surface area contributed by atoms with E-state index in [1.54, 1.807) is 37.4 Å². The number of phenolic OH excluding ortho intramolecular Hbond substituents is 1. The Bertz CT molecular complexity index is 1360. The standard InChI is InChI=1S/C23H22FN5O2/c1-11-10-26-23(25)21-20(27-13(3)29(11)21)17-6-5-15(9-18(17)24)16-7-8-19(28-14(4)30)22(31)12(16)2/h5-10,31H,1-4H3,(H2,25,26)(H,28,30). The third kappa shape index (κ3) is 3.35. The number of benzene rings is 2. The van der Waals surface area contributed by atoms with E-state index in [4.69, 9.17) is 5.73 Å². The predicted octanol–water partition coefficient (Wildman–Crippen LogP) is 4.37. The van der Waals surface area contributed by atoms with Crippen molar-refractivity contribution in [3.8, 4) is 28.1 Å². The van der Waals surface area contributed by atoms with Crippen LogP contribution in [-0.4, -0.2) is 25.4 Å². The van der Waals surface area contributed by atoms with Crippen LogP contribution < -0.4 is 11.1 Å². The van der Waals surface area contributed by atoms with Gasteiger partial charge in [0.05, 0.1) is 5.69 Å². The number of aryl methyl sites for hydroxylation is 2. The zero-order chi connectivity index (χ0) is 22.4. The SMILES string of the molecule is CC(=O)Nc1ccc(-c2ccc(-c3nc(C)n4c(C)cnc(N)c34)c(F)c2)c(C)c1O. The zero-order valence-electron chi connectivity index (χ0n) is 17.6. The van der Waals surface area contributed by atoms with Gasteiger partial charge in [0, 0.05) is 29.9 Å². The lowest BCUT2D eigenvalue weighted by atomic mass is 9.97. The molecule has 0 bridgehead atoms. The quantitative estimate of drug-likeness (QED) is 0.428. The van der Waals surface area contributed by atoms with E-state index in [0.717, 1.165) is 5.69 Å². The van der Waals surface area contributed by atoms with Crippen LogP contribution in [-0.2, 0) is 4.79 Å². The van der Waals surface area contributed by atoms with Gasteiger partial charge < -0.3 is 16.2 Å². The number of nitrogens with one attached hydrogen (secondary N) is 1. The Morgan fingerprint density at radius 1 is 1.16 bits per heavy atom. The molecule has 4 N–H and O–H groups in total. The number of fused-ring (bicyclic) bond motifs is 1. The van der Waals surface area contributed by atoms with Crippen LogP contribution in [0.25, 0.3) is 27.9 Å². The number of aromatic hydroxyl groups is 1. The lowest BCUT2D eigenvalue weighted by Gasteiger charge is -2.13. The van der Waals surface area contributed by atoms with E-state index in [-0.39, 0.29) is 17.5 Å². The molecule has 0 aliphatic heterocycles. The molecule has 0 fully saturated rings. The number of rotatable bonds is 3. The summed E-state index contributed by atoms with van der Waals surface area (Å²) >= 11 is 0. The molecule has 0 saturated heterocycles. The number of phenols is 1. The fourth-order valence-corrected chi connectivity index (χ4v) is 3.85. The van der Waals surface area contributed by atoms with Gasteiger partial charge in [0.2, 0.25) is 5.91 Å². The zero-order valence-corrected chi connectivity index (χ0v) is 17.6. The number of halogens is 1. The van der Waals surface area contributed by atoms with Crippen molar-refractivity contribution in [3.63, 3.8) is 0 Å². The van der Waals surface area contributed by atoms with Crippen molar-refractivity contribution in [2.24, 2.45) is 0 Å². The summed E-state index contributed by atoms with van der Waals surface area (Å²) in [4.78, 5) is 20.0. The van der Waals surface area contributed by atoms with Crippen LogP contribution in [0.2, 0.25) is 0 Å². The molecule has 2 aromatic carbocycles. The summed E-state index contributed by atoms with van der Waals surface area (Å²) < 4.78 is 17.1. The number of hydrogen-bond acceptors (Lipinski definition) is 5. The van der Waals surface area contributed by atoms with Crippen molar-refractivity contribution in [1.29, 1.82) is 0 Å². The first-order chi connectivity index (χ1) is 14.7. The number of carbonyl (C=O) groups is 1. The van der Waals surface area contributed by atoms with Crippen LogP contribution in [0.4, 0.5) is 15.9 Å². The molecule has 158 valence electrons. The minimum Gasteiger partial charge on any atom is -0.505 e. The molecular weight excluding hydrogens is 397 g/mol. The molecule has 0 radical (unpaired) electrons. The summed E-state index contributed by atoms with van der Waals surface area (Å²) in [5, 5.41) is 13.0. The number of aromatic nitrogens is 3. The van der Waals surface area contributed by atoms with Crippen molar-refractivity contribution in [2.45, 2.75) is 27.7 Å². The second-order valence-corrected chi connectivity index (χ2v) is 7.49. The van der Waals surface area contributed by atoms with Crippen molar-refractivity contribution < 1.29 is 14.3 Å². The Hall–Kier alpha value is -3.94. The van der Waals surface area contributed by atoms with E-state index < -0.39 is 5.82 Å². The Balaban J connectivity index is 1.83. The number of amides is 1. The summed E-state index contributed by atoms with van der Waals surface area (Å²) in [7, 11) is 0.